The summed E-state index contributed by atoms with van der Waals surface area (Å²) in [7, 11) is -3.55. The van der Waals surface area contributed by atoms with Gasteiger partial charge in [-0.2, -0.15) is 0 Å². The fourth-order valence-corrected chi connectivity index (χ4v) is 5.51. The van der Waals surface area contributed by atoms with Crippen LogP contribution in [0.2, 0.25) is 10.0 Å². The van der Waals surface area contributed by atoms with Gasteiger partial charge in [0.1, 0.15) is 6.04 Å². The summed E-state index contributed by atoms with van der Waals surface area (Å²) >= 11 is 12.4. The number of rotatable bonds is 14. The van der Waals surface area contributed by atoms with E-state index in [-0.39, 0.29) is 43.7 Å². The van der Waals surface area contributed by atoms with Crippen molar-refractivity contribution in [2.75, 3.05) is 23.7 Å². The number of carbonyl (C=O) groups is 2. The van der Waals surface area contributed by atoms with E-state index in [9.17, 15) is 18.0 Å². The molecule has 0 aliphatic heterocycles. The molecule has 0 spiro atoms. The van der Waals surface area contributed by atoms with Gasteiger partial charge in [0.2, 0.25) is 21.8 Å². The van der Waals surface area contributed by atoms with Crippen LogP contribution in [0.15, 0.2) is 42.5 Å². The molecule has 0 fully saturated rings. The van der Waals surface area contributed by atoms with Crippen molar-refractivity contribution in [2.24, 2.45) is 5.92 Å². The Kier molecular flexibility index (Phi) is 12.4. The van der Waals surface area contributed by atoms with Crippen LogP contribution >= 0.6 is 23.2 Å². The van der Waals surface area contributed by atoms with Crippen molar-refractivity contribution in [2.45, 2.75) is 66.0 Å². The fourth-order valence-electron chi connectivity index (χ4n) is 4.08. The molecule has 1 N–H and O–H groups in total. The second kappa shape index (κ2) is 14.8. The predicted molar refractivity (Wildman–Crippen MR) is 156 cm³/mol. The Bertz CT molecular complexity index is 1190. The summed E-state index contributed by atoms with van der Waals surface area (Å²) in [5, 5.41) is 3.82. The number of hydrogen-bond acceptors (Lipinski definition) is 4. The van der Waals surface area contributed by atoms with E-state index < -0.39 is 16.1 Å². The predicted octanol–water partition coefficient (Wildman–Crippen LogP) is 5.68. The van der Waals surface area contributed by atoms with Crippen molar-refractivity contribution in [3.63, 3.8) is 0 Å². The lowest BCUT2D eigenvalue weighted by Crippen LogP contribution is -2.49. The van der Waals surface area contributed by atoms with Crippen LogP contribution in [0.4, 0.5) is 5.69 Å². The number of nitrogens with zero attached hydrogens (tertiary/aromatic N) is 2. The second-order valence-electron chi connectivity index (χ2n) is 9.78. The van der Waals surface area contributed by atoms with Gasteiger partial charge in [-0.15, -0.1) is 0 Å². The molecule has 7 nitrogen and oxygen atoms in total. The van der Waals surface area contributed by atoms with Crippen LogP contribution in [-0.2, 0) is 32.6 Å². The molecule has 0 aliphatic rings. The third kappa shape index (κ3) is 9.47. The van der Waals surface area contributed by atoms with Gasteiger partial charge in [-0.05, 0) is 60.6 Å². The smallest absolute Gasteiger partial charge is 0.242 e. The average molecular weight is 585 g/mol. The van der Waals surface area contributed by atoms with Gasteiger partial charge in [0, 0.05) is 36.1 Å². The minimum atomic E-state index is -3.55. The van der Waals surface area contributed by atoms with Crippen LogP contribution in [0.3, 0.4) is 0 Å². The van der Waals surface area contributed by atoms with E-state index in [1.165, 1.54) is 9.21 Å². The molecule has 2 aromatic rings. The van der Waals surface area contributed by atoms with Gasteiger partial charge in [-0.25, -0.2) is 8.42 Å². The van der Waals surface area contributed by atoms with Crippen LogP contribution < -0.4 is 9.62 Å². The molecule has 0 saturated carbocycles. The Hall–Kier alpha value is -2.29. The summed E-state index contributed by atoms with van der Waals surface area (Å²) in [6.07, 6.45) is 2.78. The number of sulfonamides is 1. The van der Waals surface area contributed by atoms with Crippen molar-refractivity contribution in [3.8, 4) is 0 Å². The highest BCUT2D eigenvalue weighted by Gasteiger charge is 2.29. The molecule has 0 radical (unpaired) electrons. The van der Waals surface area contributed by atoms with Crippen molar-refractivity contribution in [1.82, 2.24) is 10.2 Å². The first-order valence-electron chi connectivity index (χ1n) is 12.9. The highest BCUT2D eigenvalue weighted by molar-refractivity contribution is 7.92. The van der Waals surface area contributed by atoms with E-state index in [0.717, 1.165) is 18.2 Å². The first kappa shape index (κ1) is 31.9. The molecule has 0 unspecified atom stereocenters. The summed E-state index contributed by atoms with van der Waals surface area (Å²) in [6, 6.07) is 11.7. The van der Waals surface area contributed by atoms with E-state index in [4.69, 9.17) is 23.2 Å². The number of amides is 2. The zero-order chi connectivity index (χ0) is 28.5. The molecule has 38 heavy (non-hydrogen) atoms. The molecule has 0 saturated heterocycles. The maximum absolute atomic E-state index is 13.5. The third-order valence-corrected chi connectivity index (χ3v) is 7.99. The first-order chi connectivity index (χ1) is 17.9. The standard InChI is InChI=1S/C28H39Cl2N3O4S/c1-6-21-10-14-24(15-11-21)33(38(5,36)37)16-8-9-27(34)32(19-22-12-13-23(29)17-25(22)30)26(7-2)28(35)31-18-20(3)4/h10-15,17,20,26H,6-9,16,18-19H2,1-5H3,(H,31,35)/t26-/m1/s1. The minimum Gasteiger partial charge on any atom is -0.354 e. The summed E-state index contributed by atoms with van der Waals surface area (Å²) in [5.74, 6) is -0.217. The largest absolute Gasteiger partial charge is 0.354 e. The van der Waals surface area contributed by atoms with Crippen molar-refractivity contribution < 1.29 is 18.0 Å². The molecule has 0 heterocycles. The highest BCUT2D eigenvalue weighted by atomic mass is 35.5. The molecular weight excluding hydrogens is 545 g/mol. The van der Waals surface area contributed by atoms with Gasteiger partial charge < -0.3 is 10.2 Å². The molecule has 2 amide bonds. The van der Waals surface area contributed by atoms with E-state index in [2.05, 4.69) is 5.32 Å². The summed E-state index contributed by atoms with van der Waals surface area (Å²) in [4.78, 5) is 28.1. The van der Waals surface area contributed by atoms with E-state index >= 15 is 0 Å². The molecule has 2 aromatic carbocycles. The third-order valence-electron chi connectivity index (χ3n) is 6.21. The second-order valence-corrected chi connectivity index (χ2v) is 12.5. The van der Waals surface area contributed by atoms with Crippen molar-refractivity contribution in [1.29, 1.82) is 0 Å². The van der Waals surface area contributed by atoms with Gasteiger partial charge in [-0.3, -0.25) is 13.9 Å². The zero-order valence-electron chi connectivity index (χ0n) is 22.8. The summed E-state index contributed by atoms with van der Waals surface area (Å²) in [6.45, 7) is 8.67. The topological polar surface area (TPSA) is 86.8 Å². The van der Waals surface area contributed by atoms with Crippen LogP contribution in [0.1, 0.15) is 58.1 Å². The number of hydrogen-bond donors (Lipinski definition) is 1. The Morgan fingerprint density at radius 3 is 2.21 bits per heavy atom. The Balaban J connectivity index is 2.24. The maximum Gasteiger partial charge on any atom is 0.242 e. The lowest BCUT2D eigenvalue weighted by atomic mass is 10.1. The molecular formula is C28H39Cl2N3O4S. The summed E-state index contributed by atoms with van der Waals surface area (Å²) < 4.78 is 26.4. The molecule has 0 aliphatic carbocycles. The van der Waals surface area contributed by atoms with E-state index in [0.29, 0.717) is 34.3 Å². The van der Waals surface area contributed by atoms with Gasteiger partial charge in [0.05, 0.1) is 11.9 Å². The van der Waals surface area contributed by atoms with Crippen molar-refractivity contribution in [3.05, 3.63) is 63.6 Å². The van der Waals surface area contributed by atoms with E-state index in [1.54, 1.807) is 30.3 Å². The fraction of sp³-hybridized carbons (Fsp3) is 0.500. The number of nitrogens with one attached hydrogen (secondary N) is 1. The maximum atomic E-state index is 13.5. The Morgan fingerprint density at radius 1 is 1.03 bits per heavy atom. The zero-order valence-corrected chi connectivity index (χ0v) is 25.2. The monoisotopic (exact) mass is 583 g/mol. The average Bonchev–Trinajstić information content (AvgIpc) is 2.85. The molecule has 210 valence electrons. The number of aryl methyl sites for hydroxylation is 1. The van der Waals surface area contributed by atoms with Crippen molar-refractivity contribution >= 4 is 50.7 Å². The molecule has 1 atom stereocenters. The lowest BCUT2D eigenvalue weighted by Gasteiger charge is -2.31. The van der Waals surface area contributed by atoms with Gasteiger partial charge >= 0.3 is 0 Å². The van der Waals surface area contributed by atoms with E-state index in [1.807, 2.05) is 39.8 Å². The Morgan fingerprint density at radius 2 is 1.68 bits per heavy atom. The lowest BCUT2D eigenvalue weighted by molar-refractivity contribution is -0.141. The number of halogens is 2. The van der Waals surface area contributed by atoms with Gasteiger partial charge in [0.15, 0.2) is 0 Å². The molecule has 10 heteroatoms. The quantitative estimate of drug-likeness (QED) is 0.310. The molecule has 0 aromatic heterocycles. The summed E-state index contributed by atoms with van der Waals surface area (Å²) in [5.41, 5.74) is 2.34. The molecule has 2 rings (SSSR count). The Labute approximate surface area is 237 Å². The van der Waals surface area contributed by atoms with Gasteiger partial charge in [-0.1, -0.05) is 69.1 Å². The SMILES string of the molecule is CCc1ccc(N(CCCC(=O)N(Cc2ccc(Cl)cc2Cl)[C@H](CC)C(=O)NCC(C)C)S(C)(=O)=O)cc1. The van der Waals surface area contributed by atoms with Crippen LogP contribution in [-0.4, -0.2) is 50.5 Å². The normalized spacial score (nSPS) is 12.3. The van der Waals surface area contributed by atoms with Crippen LogP contribution in [0.25, 0.3) is 0 Å². The van der Waals surface area contributed by atoms with Crippen LogP contribution in [0.5, 0.6) is 0 Å². The number of anilines is 1. The van der Waals surface area contributed by atoms with Gasteiger partial charge in [0.25, 0.3) is 0 Å². The first-order valence-corrected chi connectivity index (χ1v) is 15.6. The number of benzene rings is 2. The highest BCUT2D eigenvalue weighted by Crippen LogP contribution is 2.25. The number of carbonyl (C=O) groups excluding carboxylic acids is 2. The molecule has 0 bridgehead atoms. The minimum absolute atomic E-state index is 0.0677. The van der Waals surface area contributed by atoms with Crippen LogP contribution in [0, 0.1) is 5.92 Å².